The zero-order chi connectivity index (χ0) is 13.1. The van der Waals surface area contributed by atoms with Crippen LogP contribution in [0.25, 0.3) is 0 Å². The summed E-state index contributed by atoms with van der Waals surface area (Å²) in [7, 11) is -3.31. The summed E-state index contributed by atoms with van der Waals surface area (Å²) in [5, 5.41) is 0. The number of hydrogen-bond donors (Lipinski definition) is 0. The van der Waals surface area contributed by atoms with Gasteiger partial charge in [-0.25, -0.2) is 0 Å². The van der Waals surface area contributed by atoms with E-state index >= 15 is 0 Å². The highest BCUT2D eigenvalue weighted by Crippen LogP contribution is 2.50. The van der Waals surface area contributed by atoms with E-state index in [0.717, 1.165) is 12.8 Å². The molecule has 1 aliphatic rings. The molecule has 0 bridgehead atoms. The predicted molar refractivity (Wildman–Crippen MR) is 69.2 cm³/mol. The van der Waals surface area contributed by atoms with Gasteiger partial charge in [-0.1, -0.05) is 20.8 Å². The summed E-state index contributed by atoms with van der Waals surface area (Å²) in [6.45, 7) is 8.20. The van der Waals surface area contributed by atoms with Crippen molar-refractivity contribution < 1.29 is 12.6 Å². The SMILES string of the molecule is CCC=C=C1CC(COS(=O)(=O)CC)C1(C)C. The van der Waals surface area contributed by atoms with E-state index in [1.807, 2.05) is 6.08 Å². The lowest BCUT2D eigenvalue weighted by Crippen LogP contribution is -2.40. The molecule has 0 radical (unpaired) electrons. The van der Waals surface area contributed by atoms with Crippen molar-refractivity contribution >= 4 is 10.1 Å². The van der Waals surface area contributed by atoms with Crippen LogP contribution in [0.3, 0.4) is 0 Å². The molecule has 4 heteroatoms. The molecule has 3 nitrogen and oxygen atoms in total. The predicted octanol–water partition coefficient (Wildman–Crippen LogP) is 2.89. The Bertz CT molecular complexity index is 426. The van der Waals surface area contributed by atoms with Gasteiger partial charge in [-0.2, -0.15) is 8.42 Å². The molecule has 0 aromatic rings. The Morgan fingerprint density at radius 1 is 1.47 bits per heavy atom. The minimum atomic E-state index is -3.31. The molecule has 1 unspecified atom stereocenters. The molecule has 0 heterocycles. The molecule has 1 aliphatic carbocycles. The third-order valence-corrected chi connectivity index (χ3v) is 4.73. The fraction of sp³-hybridized carbons (Fsp3) is 0.769. The molecule has 0 aliphatic heterocycles. The Hall–Kier alpha value is -0.570. The average Bonchev–Trinajstić information content (AvgIpc) is 2.27. The van der Waals surface area contributed by atoms with E-state index in [1.54, 1.807) is 6.92 Å². The second kappa shape index (κ2) is 5.38. The van der Waals surface area contributed by atoms with Crippen LogP contribution in [-0.4, -0.2) is 20.8 Å². The molecule has 0 saturated heterocycles. The van der Waals surface area contributed by atoms with Crippen LogP contribution in [0.4, 0.5) is 0 Å². The summed E-state index contributed by atoms with van der Waals surface area (Å²) in [5.41, 5.74) is 4.56. The quantitative estimate of drug-likeness (QED) is 0.562. The zero-order valence-corrected chi connectivity index (χ0v) is 11.9. The van der Waals surface area contributed by atoms with Gasteiger partial charge < -0.3 is 0 Å². The molecule has 0 N–H and O–H groups in total. The lowest BCUT2D eigenvalue weighted by molar-refractivity contribution is 0.101. The van der Waals surface area contributed by atoms with Crippen LogP contribution in [0.2, 0.25) is 0 Å². The van der Waals surface area contributed by atoms with Crippen molar-refractivity contribution in [2.45, 2.75) is 40.5 Å². The minimum absolute atomic E-state index is 0.00886. The van der Waals surface area contributed by atoms with Crippen LogP contribution < -0.4 is 0 Å². The number of hydrogen-bond acceptors (Lipinski definition) is 3. The van der Waals surface area contributed by atoms with Crippen LogP contribution in [0.15, 0.2) is 17.4 Å². The summed E-state index contributed by atoms with van der Waals surface area (Å²) in [4.78, 5) is 0. The van der Waals surface area contributed by atoms with Gasteiger partial charge >= 0.3 is 0 Å². The van der Waals surface area contributed by atoms with Crippen molar-refractivity contribution in [2.24, 2.45) is 11.3 Å². The van der Waals surface area contributed by atoms with Crippen LogP contribution in [0, 0.1) is 11.3 Å². The summed E-state index contributed by atoms with van der Waals surface area (Å²) < 4.78 is 27.5. The second-order valence-electron chi connectivity index (χ2n) is 4.99. The van der Waals surface area contributed by atoms with Crippen LogP contribution >= 0.6 is 0 Å². The third kappa shape index (κ3) is 3.44. The monoisotopic (exact) mass is 258 g/mol. The summed E-state index contributed by atoms with van der Waals surface area (Å²) in [5.74, 6) is 0.315. The third-order valence-electron chi connectivity index (χ3n) is 3.53. The van der Waals surface area contributed by atoms with E-state index < -0.39 is 10.1 Å². The fourth-order valence-electron chi connectivity index (χ4n) is 1.89. The highest BCUT2D eigenvalue weighted by molar-refractivity contribution is 7.86. The number of rotatable bonds is 5. The molecule has 1 rings (SSSR count). The molecule has 0 aromatic carbocycles. The first-order chi connectivity index (χ1) is 7.83. The number of allylic oxidation sites excluding steroid dienone is 1. The molecule has 1 atom stereocenters. The van der Waals surface area contributed by atoms with Gasteiger partial charge in [0, 0.05) is 0 Å². The highest BCUT2D eigenvalue weighted by Gasteiger charge is 2.44. The van der Waals surface area contributed by atoms with Crippen molar-refractivity contribution in [2.75, 3.05) is 12.4 Å². The van der Waals surface area contributed by atoms with Crippen molar-refractivity contribution in [3.63, 3.8) is 0 Å². The molecule has 1 fully saturated rings. The largest absolute Gasteiger partial charge is 0.270 e. The van der Waals surface area contributed by atoms with Crippen LogP contribution in [0.5, 0.6) is 0 Å². The van der Waals surface area contributed by atoms with Crippen molar-refractivity contribution in [1.82, 2.24) is 0 Å². The smallest absolute Gasteiger partial charge is 0.267 e. The highest BCUT2D eigenvalue weighted by atomic mass is 32.2. The first-order valence-electron chi connectivity index (χ1n) is 6.15. The zero-order valence-electron chi connectivity index (χ0n) is 11.1. The van der Waals surface area contributed by atoms with E-state index in [0.29, 0.717) is 6.61 Å². The first-order valence-corrected chi connectivity index (χ1v) is 7.72. The molecule has 0 spiro atoms. The van der Waals surface area contributed by atoms with Crippen LogP contribution in [-0.2, 0) is 14.3 Å². The van der Waals surface area contributed by atoms with Gasteiger partial charge in [-0.3, -0.25) is 4.18 Å². The Kier molecular flexibility index (Phi) is 4.59. The normalized spacial score (nSPS) is 22.8. The molecular formula is C13H22O3S. The summed E-state index contributed by atoms with van der Waals surface area (Å²) >= 11 is 0. The van der Waals surface area contributed by atoms with Crippen molar-refractivity contribution in [3.8, 4) is 0 Å². The first kappa shape index (κ1) is 14.5. The lowest BCUT2D eigenvalue weighted by Gasteiger charge is -2.45. The lowest BCUT2D eigenvalue weighted by atomic mass is 9.59. The van der Waals surface area contributed by atoms with E-state index in [1.165, 1.54) is 5.57 Å². The van der Waals surface area contributed by atoms with Gasteiger partial charge in [0.2, 0.25) is 0 Å². The second-order valence-corrected chi connectivity index (χ2v) is 6.92. The molecule has 98 valence electrons. The molecule has 1 saturated carbocycles. The molecule has 0 aromatic heterocycles. The topological polar surface area (TPSA) is 43.4 Å². The van der Waals surface area contributed by atoms with Crippen molar-refractivity contribution in [1.29, 1.82) is 0 Å². The Balaban J connectivity index is 2.60. The van der Waals surface area contributed by atoms with Gasteiger partial charge in [-0.15, -0.1) is 5.73 Å². The Morgan fingerprint density at radius 3 is 2.59 bits per heavy atom. The summed E-state index contributed by atoms with van der Waals surface area (Å²) in [6, 6.07) is 0. The van der Waals surface area contributed by atoms with Gasteiger partial charge in [0.15, 0.2) is 0 Å². The van der Waals surface area contributed by atoms with E-state index in [4.69, 9.17) is 4.18 Å². The minimum Gasteiger partial charge on any atom is -0.270 e. The Morgan fingerprint density at radius 2 is 2.12 bits per heavy atom. The maximum Gasteiger partial charge on any atom is 0.267 e. The molecule has 0 amide bonds. The Labute approximate surface area is 105 Å². The standard InChI is InChI=1S/C13H22O3S/c1-5-7-8-11-9-12(13(11,3)4)10-16-17(14,15)6-2/h7,12H,5-6,9-10H2,1-4H3. The average molecular weight is 258 g/mol. The van der Waals surface area contributed by atoms with Crippen LogP contribution in [0.1, 0.15) is 40.5 Å². The van der Waals surface area contributed by atoms with E-state index in [2.05, 4.69) is 26.5 Å². The van der Waals surface area contributed by atoms with E-state index in [9.17, 15) is 8.42 Å². The van der Waals surface area contributed by atoms with Gasteiger partial charge in [0.1, 0.15) is 0 Å². The fourth-order valence-corrected chi connectivity index (χ4v) is 2.42. The van der Waals surface area contributed by atoms with Crippen molar-refractivity contribution in [3.05, 3.63) is 17.4 Å². The maximum atomic E-state index is 11.3. The maximum absolute atomic E-state index is 11.3. The van der Waals surface area contributed by atoms with E-state index in [-0.39, 0.29) is 17.1 Å². The van der Waals surface area contributed by atoms with Gasteiger partial charge in [0.05, 0.1) is 12.4 Å². The summed E-state index contributed by atoms with van der Waals surface area (Å²) in [6.07, 6.45) is 3.89. The molecular weight excluding hydrogens is 236 g/mol. The molecule has 17 heavy (non-hydrogen) atoms. The van der Waals surface area contributed by atoms with Gasteiger partial charge in [-0.05, 0) is 42.7 Å². The van der Waals surface area contributed by atoms with Gasteiger partial charge in [0.25, 0.3) is 10.1 Å².